The van der Waals surface area contributed by atoms with Gasteiger partial charge in [-0.05, 0) is 12.1 Å². The van der Waals surface area contributed by atoms with Crippen LogP contribution in [0.4, 0.5) is 27.4 Å². The van der Waals surface area contributed by atoms with E-state index in [2.05, 4.69) is 26.8 Å². The van der Waals surface area contributed by atoms with Gasteiger partial charge in [-0.25, -0.2) is 14.4 Å². The van der Waals surface area contributed by atoms with Crippen molar-refractivity contribution >= 4 is 23.0 Å². The van der Waals surface area contributed by atoms with E-state index in [4.69, 9.17) is 5.73 Å². The van der Waals surface area contributed by atoms with Crippen LogP contribution in [0.3, 0.4) is 0 Å². The summed E-state index contributed by atoms with van der Waals surface area (Å²) in [6, 6.07) is 6.85. The molecule has 2 aromatic rings. The molecule has 1 aliphatic heterocycles. The maximum Gasteiger partial charge on any atom is 0.157 e. The lowest BCUT2D eigenvalue weighted by molar-refractivity contribution is 0.596. The summed E-state index contributed by atoms with van der Waals surface area (Å²) in [4.78, 5) is 12.6. The molecule has 0 saturated carbocycles. The summed E-state index contributed by atoms with van der Waals surface area (Å²) < 4.78 is 13.9. The van der Waals surface area contributed by atoms with Crippen LogP contribution in [0.1, 0.15) is 0 Å². The first kappa shape index (κ1) is 16.0. The van der Waals surface area contributed by atoms with Crippen LogP contribution in [-0.2, 0) is 0 Å². The van der Waals surface area contributed by atoms with Crippen LogP contribution < -0.4 is 20.9 Å². The van der Waals surface area contributed by atoms with Gasteiger partial charge in [0, 0.05) is 32.7 Å². The molecule has 3 N–H and O–H groups in total. The lowest BCUT2D eigenvalue weighted by atomic mass is 10.2. The molecule has 1 aliphatic rings. The Morgan fingerprint density at radius 1 is 1.17 bits per heavy atom. The Hall–Kier alpha value is -2.83. The van der Waals surface area contributed by atoms with Crippen molar-refractivity contribution in [2.24, 2.45) is 0 Å². The largest absolute Gasteiger partial charge is 0.393 e. The fourth-order valence-electron chi connectivity index (χ4n) is 2.82. The van der Waals surface area contributed by atoms with E-state index in [1.54, 1.807) is 18.2 Å². The molecule has 1 aromatic heterocycles. The molecule has 0 atom stereocenters. The third-order valence-corrected chi connectivity index (χ3v) is 4.05. The minimum absolute atomic E-state index is 0.191. The van der Waals surface area contributed by atoms with Gasteiger partial charge in [-0.1, -0.05) is 18.2 Å². The number of rotatable bonds is 5. The molecule has 1 fully saturated rings. The summed E-state index contributed by atoms with van der Waals surface area (Å²) in [5.41, 5.74) is 7.35. The lowest BCUT2D eigenvalue weighted by Crippen LogP contribution is -2.47. The van der Waals surface area contributed by atoms with Gasteiger partial charge in [0.05, 0.1) is 5.69 Å². The van der Waals surface area contributed by atoms with Crippen LogP contribution in [0.5, 0.6) is 0 Å². The molecule has 126 valence electrons. The molecular formula is C17H21FN6. The zero-order chi connectivity index (χ0) is 16.9. The molecule has 24 heavy (non-hydrogen) atoms. The van der Waals surface area contributed by atoms with E-state index in [1.807, 2.05) is 11.0 Å². The number of nitrogens with zero attached hydrogens (tertiary/aromatic N) is 4. The first-order valence-electron chi connectivity index (χ1n) is 7.90. The number of nitrogens with two attached hydrogens (primary N) is 1. The SMILES string of the molecule is C=CCNc1ncnc(N2CCN(c3ccccc3F)CC2)c1N. The summed E-state index contributed by atoms with van der Waals surface area (Å²) >= 11 is 0. The summed E-state index contributed by atoms with van der Waals surface area (Å²) in [5.74, 6) is 1.13. The number of nitrogens with one attached hydrogen (secondary N) is 1. The van der Waals surface area contributed by atoms with Crippen LogP contribution >= 0.6 is 0 Å². The first-order valence-corrected chi connectivity index (χ1v) is 7.90. The zero-order valence-corrected chi connectivity index (χ0v) is 13.5. The highest BCUT2D eigenvalue weighted by molar-refractivity contribution is 5.75. The summed E-state index contributed by atoms with van der Waals surface area (Å²) in [6.07, 6.45) is 3.24. The van der Waals surface area contributed by atoms with Gasteiger partial charge in [-0.3, -0.25) is 0 Å². The topological polar surface area (TPSA) is 70.3 Å². The van der Waals surface area contributed by atoms with E-state index in [0.29, 0.717) is 42.6 Å². The lowest BCUT2D eigenvalue weighted by Gasteiger charge is -2.37. The van der Waals surface area contributed by atoms with Crippen molar-refractivity contribution in [3.63, 3.8) is 0 Å². The van der Waals surface area contributed by atoms with Gasteiger partial charge < -0.3 is 20.9 Å². The van der Waals surface area contributed by atoms with Crippen molar-refractivity contribution in [3.8, 4) is 0 Å². The van der Waals surface area contributed by atoms with Crippen LogP contribution in [0.25, 0.3) is 0 Å². The monoisotopic (exact) mass is 328 g/mol. The summed E-state index contributed by atoms with van der Waals surface area (Å²) in [5, 5.41) is 3.10. The van der Waals surface area contributed by atoms with Gasteiger partial charge in [0.25, 0.3) is 0 Å². The Labute approximate surface area is 140 Å². The number of aromatic nitrogens is 2. The first-order chi connectivity index (χ1) is 11.7. The highest BCUT2D eigenvalue weighted by Crippen LogP contribution is 2.28. The summed E-state index contributed by atoms with van der Waals surface area (Å²) in [7, 11) is 0. The van der Waals surface area contributed by atoms with Gasteiger partial charge in [-0.15, -0.1) is 6.58 Å². The maximum absolute atomic E-state index is 13.9. The Bertz CT molecular complexity index is 712. The molecule has 0 spiro atoms. The summed E-state index contributed by atoms with van der Waals surface area (Å²) in [6.45, 7) is 7.11. The number of nitrogen functional groups attached to an aromatic ring is 1. The van der Waals surface area contributed by atoms with Crippen molar-refractivity contribution in [1.29, 1.82) is 0 Å². The van der Waals surface area contributed by atoms with Crippen molar-refractivity contribution < 1.29 is 4.39 Å². The maximum atomic E-state index is 13.9. The fourth-order valence-corrected chi connectivity index (χ4v) is 2.82. The minimum atomic E-state index is -0.191. The quantitative estimate of drug-likeness (QED) is 0.820. The van der Waals surface area contributed by atoms with E-state index in [0.717, 1.165) is 13.1 Å². The number of piperazine rings is 1. The average molecular weight is 328 g/mol. The zero-order valence-electron chi connectivity index (χ0n) is 13.5. The molecule has 0 radical (unpaired) electrons. The van der Waals surface area contributed by atoms with Crippen molar-refractivity contribution in [2.45, 2.75) is 0 Å². The van der Waals surface area contributed by atoms with Crippen LogP contribution in [0.15, 0.2) is 43.2 Å². The minimum Gasteiger partial charge on any atom is -0.393 e. The molecule has 2 heterocycles. The molecule has 1 saturated heterocycles. The number of anilines is 4. The average Bonchev–Trinajstić information content (AvgIpc) is 2.62. The smallest absolute Gasteiger partial charge is 0.157 e. The van der Waals surface area contributed by atoms with Gasteiger partial charge in [0.1, 0.15) is 17.8 Å². The Balaban J connectivity index is 1.71. The van der Waals surface area contributed by atoms with Crippen molar-refractivity contribution in [2.75, 3.05) is 53.6 Å². The third-order valence-electron chi connectivity index (χ3n) is 4.05. The standard InChI is InChI=1S/C17H21FN6/c1-2-7-20-16-15(19)17(22-12-21-16)24-10-8-23(9-11-24)14-6-4-3-5-13(14)18/h2-6,12H,1,7-11,19H2,(H,20,21,22). The molecule has 3 rings (SSSR count). The van der Waals surface area contributed by atoms with Crippen LogP contribution in [0.2, 0.25) is 0 Å². The number of hydrogen-bond donors (Lipinski definition) is 2. The second-order valence-corrected chi connectivity index (χ2v) is 5.55. The fraction of sp³-hybridized carbons (Fsp3) is 0.294. The molecule has 0 unspecified atom stereocenters. The van der Waals surface area contributed by atoms with Gasteiger partial charge >= 0.3 is 0 Å². The molecule has 0 bridgehead atoms. The van der Waals surface area contributed by atoms with Gasteiger partial charge in [0.15, 0.2) is 11.6 Å². The molecule has 0 aliphatic carbocycles. The predicted octanol–water partition coefficient (Wildman–Crippen LogP) is 2.12. The Morgan fingerprint density at radius 2 is 1.88 bits per heavy atom. The van der Waals surface area contributed by atoms with E-state index >= 15 is 0 Å². The molecular weight excluding hydrogens is 307 g/mol. The Morgan fingerprint density at radius 3 is 2.58 bits per heavy atom. The number of para-hydroxylation sites is 1. The van der Waals surface area contributed by atoms with E-state index in [9.17, 15) is 4.39 Å². The second kappa shape index (κ2) is 7.16. The van der Waals surface area contributed by atoms with Crippen molar-refractivity contribution in [3.05, 3.63) is 49.1 Å². The predicted molar refractivity (Wildman–Crippen MR) is 96.0 cm³/mol. The van der Waals surface area contributed by atoms with E-state index < -0.39 is 0 Å². The molecule has 6 nitrogen and oxygen atoms in total. The number of benzene rings is 1. The second-order valence-electron chi connectivity index (χ2n) is 5.55. The highest BCUT2D eigenvalue weighted by Gasteiger charge is 2.22. The molecule has 7 heteroatoms. The van der Waals surface area contributed by atoms with Crippen molar-refractivity contribution in [1.82, 2.24) is 9.97 Å². The number of hydrogen-bond acceptors (Lipinski definition) is 6. The Kier molecular flexibility index (Phi) is 4.79. The molecule has 1 aromatic carbocycles. The van der Waals surface area contributed by atoms with Crippen LogP contribution in [-0.4, -0.2) is 42.7 Å². The van der Waals surface area contributed by atoms with Gasteiger partial charge in [0.2, 0.25) is 0 Å². The van der Waals surface area contributed by atoms with Crippen LogP contribution in [0, 0.1) is 5.82 Å². The molecule has 0 amide bonds. The third kappa shape index (κ3) is 3.24. The van der Waals surface area contributed by atoms with Gasteiger partial charge in [-0.2, -0.15) is 0 Å². The number of halogens is 1. The normalized spacial score (nSPS) is 14.5. The van der Waals surface area contributed by atoms with E-state index in [-0.39, 0.29) is 5.82 Å². The van der Waals surface area contributed by atoms with E-state index in [1.165, 1.54) is 12.4 Å². The highest BCUT2D eigenvalue weighted by atomic mass is 19.1.